The van der Waals surface area contributed by atoms with Crippen molar-refractivity contribution in [3.05, 3.63) is 68.9 Å². The second-order valence-electron chi connectivity index (χ2n) is 6.10. The molecule has 0 aliphatic heterocycles. The molecular formula is C19H10Cl2FN5O2S. The number of benzene rings is 2. The fourth-order valence-electron chi connectivity index (χ4n) is 2.61. The maximum absolute atomic E-state index is 15.1. The number of aryl methyl sites for hydroxylation is 1. The summed E-state index contributed by atoms with van der Waals surface area (Å²) in [6.07, 6.45) is 0.0244. The first kappa shape index (κ1) is 20.2. The second kappa shape index (κ2) is 8.36. The molecule has 0 spiro atoms. The highest BCUT2D eigenvalue weighted by molar-refractivity contribution is 7.09. The number of hydrogen-bond donors (Lipinski definition) is 0. The number of aromatic nitrogens is 4. The molecule has 0 amide bonds. The third-order valence-corrected chi connectivity index (χ3v) is 5.34. The van der Waals surface area contributed by atoms with Crippen LogP contribution in [0.4, 0.5) is 4.39 Å². The van der Waals surface area contributed by atoms with Gasteiger partial charge in [-0.3, -0.25) is 0 Å². The van der Waals surface area contributed by atoms with E-state index in [0.717, 1.165) is 11.5 Å². The van der Waals surface area contributed by atoms with E-state index in [1.165, 1.54) is 30.3 Å². The molecule has 2 aromatic heterocycles. The molecule has 0 aliphatic rings. The van der Waals surface area contributed by atoms with E-state index in [-0.39, 0.29) is 50.9 Å². The van der Waals surface area contributed by atoms with Gasteiger partial charge in [0.05, 0.1) is 28.8 Å². The van der Waals surface area contributed by atoms with E-state index in [0.29, 0.717) is 10.6 Å². The van der Waals surface area contributed by atoms with Crippen molar-refractivity contribution in [3.63, 3.8) is 0 Å². The van der Waals surface area contributed by atoms with E-state index in [9.17, 15) is 0 Å². The molecule has 2 heterocycles. The standard InChI is InChI=1S/C19H10Cl2FN5O2S/c1-9-18(30-27-24-9)19-26-25-15(29-19)6-11-2-3-14(21)17(16(11)22)28-13-5-10(8-23)4-12(20)7-13/h2-5,7H,6H2,1H3. The third kappa shape index (κ3) is 4.11. The number of rotatable bonds is 5. The molecule has 0 bridgehead atoms. The van der Waals surface area contributed by atoms with E-state index in [1.807, 2.05) is 6.07 Å². The number of ether oxygens (including phenoxy) is 1. The molecule has 0 radical (unpaired) electrons. The topological polar surface area (TPSA) is 97.7 Å². The lowest BCUT2D eigenvalue weighted by molar-refractivity contribution is 0.437. The maximum Gasteiger partial charge on any atom is 0.261 e. The molecule has 7 nitrogen and oxygen atoms in total. The Labute approximate surface area is 183 Å². The normalized spacial score (nSPS) is 10.8. The van der Waals surface area contributed by atoms with Gasteiger partial charge in [-0.25, -0.2) is 4.39 Å². The fourth-order valence-corrected chi connectivity index (χ4v) is 3.60. The van der Waals surface area contributed by atoms with Crippen LogP contribution in [0.1, 0.15) is 22.7 Å². The molecule has 0 aliphatic carbocycles. The zero-order valence-corrected chi connectivity index (χ0v) is 17.5. The predicted molar refractivity (Wildman–Crippen MR) is 108 cm³/mol. The SMILES string of the molecule is Cc1nnsc1-c1nnc(Cc2ccc(Cl)c(Oc3cc(Cl)cc(C#N)c3)c2F)o1. The first-order chi connectivity index (χ1) is 14.4. The Kier molecular flexibility index (Phi) is 5.63. The second-order valence-corrected chi connectivity index (χ2v) is 7.70. The van der Waals surface area contributed by atoms with Crippen molar-refractivity contribution in [3.8, 4) is 28.3 Å². The molecule has 2 aromatic carbocycles. The van der Waals surface area contributed by atoms with E-state index >= 15 is 4.39 Å². The maximum atomic E-state index is 15.1. The minimum atomic E-state index is -0.684. The molecule has 0 saturated heterocycles. The van der Waals surface area contributed by atoms with Crippen molar-refractivity contribution in [2.75, 3.05) is 0 Å². The van der Waals surface area contributed by atoms with Gasteiger partial charge in [0, 0.05) is 10.6 Å². The zero-order valence-electron chi connectivity index (χ0n) is 15.2. The van der Waals surface area contributed by atoms with Crippen molar-refractivity contribution in [1.29, 1.82) is 5.26 Å². The summed E-state index contributed by atoms with van der Waals surface area (Å²) < 4.78 is 30.2. The van der Waals surface area contributed by atoms with Gasteiger partial charge in [-0.15, -0.1) is 15.3 Å². The zero-order chi connectivity index (χ0) is 21.3. The molecule has 0 saturated carbocycles. The first-order valence-electron chi connectivity index (χ1n) is 8.41. The van der Waals surface area contributed by atoms with Gasteiger partial charge in [0.15, 0.2) is 11.6 Å². The Morgan fingerprint density at radius 3 is 2.77 bits per heavy atom. The van der Waals surface area contributed by atoms with Crippen LogP contribution in [0.5, 0.6) is 11.5 Å². The monoisotopic (exact) mass is 461 g/mol. The van der Waals surface area contributed by atoms with Crippen molar-refractivity contribution >= 4 is 34.7 Å². The van der Waals surface area contributed by atoms with Gasteiger partial charge in [0.1, 0.15) is 10.6 Å². The van der Waals surface area contributed by atoms with Crippen LogP contribution in [-0.2, 0) is 6.42 Å². The Balaban J connectivity index is 1.62. The summed E-state index contributed by atoms with van der Waals surface area (Å²) >= 11 is 13.2. The highest BCUT2D eigenvalue weighted by Gasteiger charge is 2.19. The lowest BCUT2D eigenvalue weighted by Gasteiger charge is -2.11. The molecule has 11 heteroatoms. The molecule has 4 aromatic rings. The van der Waals surface area contributed by atoms with Crippen molar-refractivity contribution < 1.29 is 13.5 Å². The summed E-state index contributed by atoms with van der Waals surface area (Å²) in [5.74, 6) is -0.213. The van der Waals surface area contributed by atoms with Gasteiger partial charge >= 0.3 is 0 Å². The molecule has 0 atom stereocenters. The lowest BCUT2D eigenvalue weighted by Crippen LogP contribution is -1.98. The lowest BCUT2D eigenvalue weighted by atomic mass is 10.1. The van der Waals surface area contributed by atoms with Crippen LogP contribution < -0.4 is 4.74 Å². The average molecular weight is 462 g/mol. The minimum Gasteiger partial charge on any atom is -0.453 e. The molecule has 0 fully saturated rings. The van der Waals surface area contributed by atoms with Gasteiger partial charge in [0.25, 0.3) is 5.89 Å². The summed E-state index contributed by atoms with van der Waals surface area (Å²) in [6, 6.07) is 9.33. The van der Waals surface area contributed by atoms with Gasteiger partial charge in [-0.2, -0.15) is 5.26 Å². The summed E-state index contributed by atoms with van der Waals surface area (Å²) in [7, 11) is 0. The van der Waals surface area contributed by atoms with Gasteiger partial charge < -0.3 is 9.15 Å². The molecule has 150 valence electrons. The average Bonchev–Trinajstić information content (AvgIpc) is 3.35. The summed E-state index contributed by atoms with van der Waals surface area (Å²) in [5, 5.41) is 21.2. The van der Waals surface area contributed by atoms with Crippen LogP contribution in [0.2, 0.25) is 10.0 Å². The Bertz CT molecular complexity index is 1280. The smallest absolute Gasteiger partial charge is 0.261 e. The quantitative estimate of drug-likeness (QED) is 0.381. The predicted octanol–water partition coefficient (Wildman–Crippen LogP) is 5.60. The number of halogens is 3. The summed E-state index contributed by atoms with van der Waals surface area (Å²) in [4.78, 5) is 0.656. The van der Waals surface area contributed by atoms with E-state index < -0.39 is 5.82 Å². The van der Waals surface area contributed by atoms with Crippen LogP contribution in [0, 0.1) is 24.1 Å². The van der Waals surface area contributed by atoms with Crippen LogP contribution in [0.3, 0.4) is 0 Å². The molecule has 0 unspecified atom stereocenters. The van der Waals surface area contributed by atoms with Crippen LogP contribution >= 0.6 is 34.7 Å². The largest absolute Gasteiger partial charge is 0.453 e. The van der Waals surface area contributed by atoms with Crippen LogP contribution in [0.15, 0.2) is 34.7 Å². The first-order valence-corrected chi connectivity index (χ1v) is 9.94. The highest BCUT2D eigenvalue weighted by atomic mass is 35.5. The van der Waals surface area contributed by atoms with E-state index in [4.69, 9.17) is 37.6 Å². The van der Waals surface area contributed by atoms with Gasteiger partial charge in [0.2, 0.25) is 5.89 Å². The molecule has 0 N–H and O–H groups in total. The fraction of sp³-hybridized carbons (Fsp3) is 0.105. The van der Waals surface area contributed by atoms with E-state index in [1.54, 1.807) is 6.92 Å². The molecule has 30 heavy (non-hydrogen) atoms. The molecule has 4 rings (SSSR count). The van der Waals surface area contributed by atoms with Crippen molar-refractivity contribution in [2.24, 2.45) is 0 Å². The van der Waals surface area contributed by atoms with Crippen molar-refractivity contribution in [2.45, 2.75) is 13.3 Å². The Morgan fingerprint density at radius 1 is 1.20 bits per heavy atom. The van der Waals surface area contributed by atoms with Crippen molar-refractivity contribution in [1.82, 2.24) is 19.8 Å². The van der Waals surface area contributed by atoms with Gasteiger partial charge in [-0.1, -0.05) is 33.8 Å². The number of hydrogen-bond acceptors (Lipinski definition) is 8. The van der Waals surface area contributed by atoms with Crippen LogP contribution in [0.25, 0.3) is 10.8 Å². The third-order valence-electron chi connectivity index (χ3n) is 4.00. The minimum absolute atomic E-state index is 0.0244. The number of nitriles is 1. The highest BCUT2D eigenvalue weighted by Crippen LogP contribution is 2.36. The van der Waals surface area contributed by atoms with Crippen LogP contribution in [-0.4, -0.2) is 19.8 Å². The Hall–Kier alpha value is -3.06. The number of nitrogens with zero attached hydrogens (tertiary/aromatic N) is 5. The summed E-state index contributed by atoms with van der Waals surface area (Å²) in [6.45, 7) is 1.78. The summed E-state index contributed by atoms with van der Waals surface area (Å²) in [5.41, 5.74) is 1.18. The Morgan fingerprint density at radius 2 is 2.03 bits per heavy atom. The molecular weight excluding hydrogens is 452 g/mol. The van der Waals surface area contributed by atoms with Gasteiger partial charge in [-0.05, 0) is 42.7 Å². The van der Waals surface area contributed by atoms with E-state index in [2.05, 4.69) is 19.8 Å².